The molecule has 0 saturated heterocycles. The van der Waals surface area contributed by atoms with Crippen LogP contribution in [-0.4, -0.2) is 35.7 Å². The minimum Gasteiger partial charge on any atom is -0.311 e. The lowest BCUT2D eigenvalue weighted by Gasteiger charge is -2.26. The standard InChI is InChI=1S/C23H26N2O3/c1-5-20(26)24(17-12-10-16(11-13-17)23(2,3)4)14-15-25-21(27)18-8-6-7-9-19(18)22(25)28/h6-13H,5,14-15H2,1-4H3. The molecule has 1 aliphatic heterocycles. The third-order valence-corrected chi connectivity index (χ3v) is 5.07. The summed E-state index contributed by atoms with van der Waals surface area (Å²) < 4.78 is 0. The Morgan fingerprint density at radius 2 is 1.46 bits per heavy atom. The van der Waals surface area contributed by atoms with Crippen molar-refractivity contribution >= 4 is 23.4 Å². The van der Waals surface area contributed by atoms with E-state index in [0.29, 0.717) is 17.5 Å². The van der Waals surface area contributed by atoms with Crippen molar-refractivity contribution in [3.63, 3.8) is 0 Å². The predicted molar refractivity (Wildman–Crippen MR) is 110 cm³/mol. The maximum absolute atomic E-state index is 12.6. The molecule has 0 atom stereocenters. The van der Waals surface area contributed by atoms with Gasteiger partial charge in [0.2, 0.25) is 5.91 Å². The highest BCUT2D eigenvalue weighted by Crippen LogP contribution is 2.26. The van der Waals surface area contributed by atoms with E-state index >= 15 is 0 Å². The number of imide groups is 1. The highest BCUT2D eigenvalue weighted by Gasteiger charge is 2.35. The van der Waals surface area contributed by atoms with Crippen LogP contribution in [0, 0.1) is 0 Å². The van der Waals surface area contributed by atoms with E-state index in [4.69, 9.17) is 0 Å². The molecule has 2 aromatic carbocycles. The molecule has 1 heterocycles. The topological polar surface area (TPSA) is 57.7 Å². The first-order valence-corrected chi connectivity index (χ1v) is 9.60. The molecule has 5 heteroatoms. The number of hydrogen-bond acceptors (Lipinski definition) is 3. The molecule has 5 nitrogen and oxygen atoms in total. The van der Waals surface area contributed by atoms with Gasteiger partial charge in [0.05, 0.1) is 11.1 Å². The summed E-state index contributed by atoms with van der Waals surface area (Å²) in [5.41, 5.74) is 2.83. The molecular formula is C23H26N2O3. The molecule has 0 fully saturated rings. The van der Waals surface area contributed by atoms with Crippen LogP contribution in [0.1, 0.15) is 60.4 Å². The second-order valence-electron chi connectivity index (χ2n) is 8.00. The fourth-order valence-corrected chi connectivity index (χ4v) is 3.37. The largest absolute Gasteiger partial charge is 0.311 e. The van der Waals surface area contributed by atoms with Crippen LogP contribution in [0.5, 0.6) is 0 Å². The van der Waals surface area contributed by atoms with Crippen LogP contribution >= 0.6 is 0 Å². The van der Waals surface area contributed by atoms with Crippen LogP contribution in [0.25, 0.3) is 0 Å². The second kappa shape index (κ2) is 7.58. The van der Waals surface area contributed by atoms with E-state index < -0.39 is 0 Å². The van der Waals surface area contributed by atoms with Gasteiger partial charge in [0.15, 0.2) is 0 Å². The van der Waals surface area contributed by atoms with Crippen LogP contribution in [0.4, 0.5) is 5.69 Å². The first-order chi connectivity index (χ1) is 13.2. The number of rotatable bonds is 5. The van der Waals surface area contributed by atoms with E-state index in [0.717, 1.165) is 5.69 Å². The van der Waals surface area contributed by atoms with Crippen molar-refractivity contribution in [1.29, 1.82) is 0 Å². The number of amides is 3. The molecule has 0 N–H and O–H groups in total. The molecule has 0 spiro atoms. The quantitative estimate of drug-likeness (QED) is 0.738. The van der Waals surface area contributed by atoms with Crippen molar-refractivity contribution in [3.8, 4) is 0 Å². The van der Waals surface area contributed by atoms with Crippen molar-refractivity contribution in [1.82, 2.24) is 4.90 Å². The molecule has 1 aliphatic rings. The lowest BCUT2D eigenvalue weighted by molar-refractivity contribution is -0.118. The van der Waals surface area contributed by atoms with Crippen molar-refractivity contribution in [3.05, 3.63) is 65.2 Å². The Labute approximate surface area is 166 Å². The van der Waals surface area contributed by atoms with Crippen LogP contribution in [0.3, 0.4) is 0 Å². The summed E-state index contributed by atoms with van der Waals surface area (Å²) in [6.45, 7) is 8.66. The molecular weight excluding hydrogens is 352 g/mol. The molecule has 146 valence electrons. The van der Waals surface area contributed by atoms with Gasteiger partial charge < -0.3 is 4.90 Å². The van der Waals surface area contributed by atoms with Crippen LogP contribution in [-0.2, 0) is 10.2 Å². The third-order valence-electron chi connectivity index (χ3n) is 5.07. The zero-order valence-corrected chi connectivity index (χ0v) is 16.9. The summed E-state index contributed by atoms with van der Waals surface area (Å²) >= 11 is 0. The van der Waals surface area contributed by atoms with Crippen molar-refractivity contribution in [2.45, 2.75) is 39.5 Å². The van der Waals surface area contributed by atoms with E-state index in [2.05, 4.69) is 20.8 Å². The minimum absolute atomic E-state index is 0.0261. The van der Waals surface area contributed by atoms with Gasteiger partial charge >= 0.3 is 0 Å². The summed E-state index contributed by atoms with van der Waals surface area (Å²) in [4.78, 5) is 40.5. The molecule has 3 amide bonds. The first kappa shape index (κ1) is 19.8. The normalized spacial score (nSPS) is 13.6. The van der Waals surface area contributed by atoms with Crippen LogP contribution < -0.4 is 4.90 Å². The van der Waals surface area contributed by atoms with E-state index in [1.165, 1.54) is 10.5 Å². The fourth-order valence-electron chi connectivity index (χ4n) is 3.37. The van der Waals surface area contributed by atoms with Gasteiger partial charge in [0, 0.05) is 25.2 Å². The molecule has 28 heavy (non-hydrogen) atoms. The predicted octanol–water partition coefficient (Wildman–Crippen LogP) is 4.02. The fraction of sp³-hybridized carbons (Fsp3) is 0.348. The highest BCUT2D eigenvalue weighted by molar-refractivity contribution is 6.21. The van der Waals surface area contributed by atoms with Crippen molar-refractivity contribution < 1.29 is 14.4 Å². The summed E-state index contributed by atoms with van der Waals surface area (Å²) in [7, 11) is 0. The van der Waals surface area contributed by atoms with E-state index in [-0.39, 0.29) is 36.2 Å². The number of anilines is 1. The SMILES string of the molecule is CCC(=O)N(CCN1C(=O)c2ccccc2C1=O)c1ccc(C(C)(C)C)cc1. The Kier molecular flexibility index (Phi) is 5.36. The zero-order valence-electron chi connectivity index (χ0n) is 16.9. The van der Waals surface area contributed by atoms with Gasteiger partial charge in [0.1, 0.15) is 0 Å². The first-order valence-electron chi connectivity index (χ1n) is 9.60. The Balaban J connectivity index is 1.79. The van der Waals surface area contributed by atoms with E-state index in [1.54, 1.807) is 36.1 Å². The number of fused-ring (bicyclic) bond motifs is 1. The molecule has 0 aliphatic carbocycles. The van der Waals surface area contributed by atoms with Crippen LogP contribution in [0.2, 0.25) is 0 Å². The van der Waals surface area contributed by atoms with Gasteiger partial charge in [-0.05, 0) is 35.2 Å². The van der Waals surface area contributed by atoms with Gasteiger partial charge in [-0.3, -0.25) is 19.3 Å². The zero-order chi connectivity index (χ0) is 20.5. The molecule has 0 unspecified atom stereocenters. The summed E-state index contributed by atoms with van der Waals surface area (Å²) in [6.07, 6.45) is 0.350. The molecule has 0 bridgehead atoms. The summed E-state index contributed by atoms with van der Waals surface area (Å²) in [6, 6.07) is 14.7. The Bertz CT molecular complexity index is 875. The van der Waals surface area contributed by atoms with E-state index in [1.807, 2.05) is 24.3 Å². The molecule has 0 aromatic heterocycles. The average molecular weight is 378 g/mol. The molecule has 0 radical (unpaired) electrons. The van der Waals surface area contributed by atoms with Crippen molar-refractivity contribution in [2.24, 2.45) is 0 Å². The van der Waals surface area contributed by atoms with Gasteiger partial charge in [0.25, 0.3) is 11.8 Å². The van der Waals surface area contributed by atoms with Gasteiger partial charge in [-0.2, -0.15) is 0 Å². The summed E-state index contributed by atoms with van der Waals surface area (Å²) in [5.74, 6) is -0.639. The number of hydrogen-bond donors (Lipinski definition) is 0. The number of nitrogens with zero attached hydrogens (tertiary/aromatic N) is 2. The summed E-state index contributed by atoms with van der Waals surface area (Å²) in [5, 5.41) is 0. The Hall–Kier alpha value is -2.95. The second-order valence-corrected chi connectivity index (χ2v) is 8.00. The lowest BCUT2D eigenvalue weighted by atomic mass is 9.87. The number of benzene rings is 2. The van der Waals surface area contributed by atoms with Gasteiger partial charge in [-0.15, -0.1) is 0 Å². The lowest BCUT2D eigenvalue weighted by Crippen LogP contribution is -2.40. The van der Waals surface area contributed by atoms with E-state index in [9.17, 15) is 14.4 Å². The third kappa shape index (κ3) is 3.70. The Morgan fingerprint density at radius 3 is 1.93 bits per heavy atom. The van der Waals surface area contributed by atoms with Gasteiger partial charge in [-0.25, -0.2) is 0 Å². The average Bonchev–Trinajstić information content (AvgIpc) is 2.92. The van der Waals surface area contributed by atoms with Gasteiger partial charge in [-0.1, -0.05) is 52.0 Å². The molecule has 2 aromatic rings. The smallest absolute Gasteiger partial charge is 0.261 e. The molecule has 0 saturated carbocycles. The highest BCUT2D eigenvalue weighted by atomic mass is 16.2. The van der Waals surface area contributed by atoms with Crippen molar-refractivity contribution in [2.75, 3.05) is 18.0 Å². The maximum Gasteiger partial charge on any atom is 0.261 e. The maximum atomic E-state index is 12.6. The number of carbonyl (C=O) groups excluding carboxylic acids is 3. The minimum atomic E-state index is -0.299. The Morgan fingerprint density at radius 1 is 0.929 bits per heavy atom. The number of carbonyl (C=O) groups is 3. The monoisotopic (exact) mass is 378 g/mol. The molecule has 3 rings (SSSR count). The van der Waals surface area contributed by atoms with Crippen LogP contribution in [0.15, 0.2) is 48.5 Å².